The molecule has 0 saturated heterocycles. The molecule has 2 aromatic carbocycles. The zero-order valence-electron chi connectivity index (χ0n) is 17.8. The van der Waals surface area contributed by atoms with Crippen LogP contribution >= 0.6 is 23.2 Å². The highest BCUT2D eigenvalue weighted by Gasteiger charge is 2.53. The first-order valence-electron chi connectivity index (χ1n) is 10.3. The summed E-state index contributed by atoms with van der Waals surface area (Å²) < 4.78 is 12.6. The fourth-order valence-corrected chi connectivity index (χ4v) is 4.73. The fourth-order valence-electron chi connectivity index (χ4n) is 4.27. The van der Waals surface area contributed by atoms with Crippen molar-refractivity contribution in [1.29, 1.82) is 0 Å². The van der Waals surface area contributed by atoms with E-state index in [2.05, 4.69) is 5.32 Å². The molecule has 3 heterocycles. The molecule has 2 bridgehead atoms. The molecule has 2 unspecified atom stereocenters. The highest BCUT2D eigenvalue weighted by Crippen LogP contribution is 2.58. The van der Waals surface area contributed by atoms with Crippen molar-refractivity contribution in [1.82, 2.24) is 9.88 Å². The lowest BCUT2D eigenvalue weighted by atomic mass is 9.89. The summed E-state index contributed by atoms with van der Waals surface area (Å²) in [6.07, 6.45) is 2.80. The Morgan fingerprint density at radius 1 is 1.20 bits per heavy atom. The van der Waals surface area contributed by atoms with Crippen molar-refractivity contribution in [2.24, 2.45) is 0 Å². The maximum Gasteiger partial charge on any atom is 0.269 e. The SMILES string of the molecule is O=C(COc1ccc(Cl)cc1Cl)NCC12C=CC(O1)c1c2c(O)n(-c2ccc([N+](=O)[O-])cc2)c1O. The zero-order chi connectivity index (χ0) is 24.9. The quantitative estimate of drug-likeness (QED) is 0.243. The van der Waals surface area contributed by atoms with Crippen molar-refractivity contribution in [2.75, 3.05) is 13.2 Å². The van der Waals surface area contributed by atoms with Gasteiger partial charge in [-0.15, -0.1) is 0 Å². The molecule has 1 aromatic heterocycles. The van der Waals surface area contributed by atoms with E-state index < -0.39 is 22.5 Å². The van der Waals surface area contributed by atoms with Gasteiger partial charge in [-0.25, -0.2) is 0 Å². The molecule has 0 radical (unpaired) electrons. The van der Waals surface area contributed by atoms with Gasteiger partial charge in [-0.05, 0) is 36.4 Å². The number of amides is 1. The van der Waals surface area contributed by atoms with Crippen LogP contribution in [0, 0.1) is 10.1 Å². The summed E-state index contributed by atoms with van der Waals surface area (Å²) in [5.74, 6) is -0.712. The number of carbonyl (C=O) groups excluding carboxylic acids is 1. The average molecular weight is 518 g/mol. The zero-order valence-corrected chi connectivity index (χ0v) is 19.3. The number of halogens is 2. The molecule has 2 atom stereocenters. The normalized spacial score (nSPS) is 19.5. The number of nitro benzene ring substituents is 1. The van der Waals surface area contributed by atoms with Gasteiger partial charge in [0.05, 0.1) is 33.3 Å². The van der Waals surface area contributed by atoms with Crippen molar-refractivity contribution in [2.45, 2.75) is 11.7 Å². The second kappa shape index (κ2) is 8.49. The summed E-state index contributed by atoms with van der Waals surface area (Å²) in [6.45, 7) is -0.362. The number of carbonyl (C=O) groups is 1. The van der Waals surface area contributed by atoms with Crippen molar-refractivity contribution in [3.63, 3.8) is 0 Å². The van der Waals surface area contributed by atoms with Gasteiger partial charge in [0.25, 0.3) is 11.6 Å². The van der Waals surface area contributed by atoms with E-state index in [4.69, 9.17) is 32.7 Å². The van der Waals surface area contributed by atoms with Crippen LogP contribution in [0.15, 0.2) is 54.6 Å². The van der Waals surface area contributed by atoms with E-state index in [0.717, 1.165) is 0 Å². The summed E-state index contributed by atoms with van der Waals surface area (Å²) in [5, 5.41) is 36.2. The topological polar surface area (TPSA) is 136 Å². The standard InChI is InChI=1S/C23H17Cl2N3O7/c24-12-1-6-16(15(25)9-12)34-10-18(29)26-11-23-8-7-17(35-23)19-20(23)22(31)27(21(19)30)13-2-4-14(5-3-13)28(32)33/h1-9,17,30-31H,10-11H2,(H,26,29). The fraction of sp³-hybridized carbons (Fsp3) is 0.174. The molecule has 10 nitrogen and oxygen atoms in total. The van der Waals surface area contributed by atoms with E-state index in [1.54, 1.807) is 24.3 Å². The first-order chi connectivity index (χ1) is 16.7. The number of hydrogen-bond acceptors (Lipinski definition) is 7. The highest BCUT2D eigenvalue weighted by molar-refractivity contribution is 6.35. The monoisotopic (exact) mass is 517 g/mol. The molecule has 35 heavy (non-hydrogen) atoms. The van der Waals surface area contributed by atoms with Crippen LogP contribution in [0.25, 0.3) is 5.69 Å². The average Bonchev–Trinajstić information content (AvgIpc) is 3.47. The number of ether oxygens (including phenoxy) is 2. The van der Waals surface area contributed by atoms with Gasteiger partial charge < -0.3 is 25.0 Å². The van der Waals surface area contributed by atoms with E-state index in [-0.39, 0.29) is 35.6 Å². The van der Waals surface area contributed by atoms with Gasteiger partial charge in [-0.2, -0.15) is 0 Å². The Labute approximate surface area is 208 Å². The van der Waals surface area contributed by atoms with E-state index in [9.17, 15) is 25.1 Å². The predicted octanol–water partition coefficient (Wildman–Crippen LogP) is 4.14. The van der Waals surface area contributed by atoms with Crippen LogP contribution in [0.2, 0.25) is 10.0 Å². The third-order valence-electron chi connectivity index (χ3n) is 5.86. The second-order valence-corrected chi connectivity index (χ2v) is 8.82. The van der Waals surface area contributed by atoms with Gasteiger partial charge in [0.1, 0.15) is 17.5 Å². The van der Waals surface area contributed by atoms with Crippen LogP contribution in [0.3, 0.4) is 0 Å². The molecule has 5 rings (SSSR count). The minimum absolute atomic E-state index is 0.0409. The Hall–Kier alpha value is -3.73. The number of nitro groups is 1. The Balaban J connectivity index is 1.35. The first kappa shape index (κ1) is 23.0. The largest absolute Gasteiger partial charge is 0.494 e. The van der Waals surface area contributed by atoms with Gasteiger partial charge in [-0.1, -0.05) is 29.3 Å². The number of nitrogens with one attached hydrogen (secondary N) is 1. The number of nitrogens with zero attached hydrogens (tertiary/aromatic N) is 2. The third kappa shape index (κ3) is 3.85. The molecule has 0 spiro atoms. The highest BCUT2D eigenvalue weighted by atomic mass is 35.5. The predicted molar refractivity (Wildman–Crippen MR) is 125 cm³/mol. The lowest BCUT2D eigenvalue weighted by Gasteiger charge is -2.24. The minimum atomic E-state index is -1.21. The Kier molecular flexibility index (Phi) is 5.59. The number of fused-ring (bicyclic) bond motifs is 5. The molecule has 0 fully saturated rings. The number of benzene rings is 2. The molecule has 180 valence electrons. The van der Waals surface area contributed by atoms with E-state index >= 15 is 0 Å². The van der Waals surface area contributed by atoms with Crippen LogP contribution in [0.1, 0.15) is 17.2 Å². The Morgan fingerprint density at radius 3 is 2.63 bits per heavy atom. The van der Waals surface area contributed by atoms with Crippen LogP contribution < -0.4 is 10.1 Å². The lowest BCUT2D eigenvalue weighted by Crippen LogP contribution is -2.40. The van der Waals surface area contributed by atoms with Crippen molar-refractivity contribution < 1.29 is 29.4 Å². The van der Waals surface area contributed by atoms with Crippen LogP contribution in [0.4, 0.5) is 5.69 Å². The van der Waals surface area contributed by atoms with Gasteiger partial charge in [0.15, 0.2) is 6.61 Å². The maximum absolute atomic E-state index is 12.4. The number of hydrogen-bond donors (Lipinski definition) is 3. The van der Waals surface area contributed by atoms with Crippen molar-refractivity contribution in [3.8, 4) is 23.2 Å². The number of rotatable bonds is 7. The molecule has 0 saturated carbocycles. The molecule has 2 aliphatic rings. The maximum atomic E-state index is 12.4. The van der Waals surface area contributed by atoms with Crippen LogP contribution in [0.5, 0.6) is 17.5 Å². The molecule has 3 aromatic rings. The summed E-state index contributed by atoms with van der Waals surface area (Å²) in [5.41, 5.74) is -0.337. The molecular formula is C23H17Cl2N3O7. The number of aromatic nitrogens is 1. The Bertz CT molecular complexity index is 1390. The smallest absolute Gasteiger partial charge is 0.269 e. The van der Waals surface area contributed by atoms with Crippen molar-refractivity contribution in [3.05, 3.63) is 85.9 Å². The van der Waals surface area contributed by atoms with E-state index in [0.29, 0.717) is 27.6 Å². The number of non-ortho nitro benzene ring substituents is 1. The molecule has 3 N–H and O–H groups in total. The summed E-state index contributed by atoms with van der Waals surface area (Å²) in [4.78, 5) is 22.8. The Morgan fingerprint density at radius 2 is 1.94 bits per heavy atom. The van der Waals surface area contributed by atoms with E-state index in [1.165, 1.54) is 34.9 Å². The van der Waals surface area contributed by atoms with Gasteiger partial charge in [-0.3, -0.25) is 19.5 Å². The van der Waals surface area contributed by atoms with E-state index in [1.807, 2.05) is 0 Å². The molecule has 12 heteroatoms. The van der Waals surface area contributed by atoms with Crippen LogP contribution in [-0.2, 0) is 15.1 Å². The van der Waals surface area contributed by atoms with Gasteiger partial charge in [0.2, 0.25) is 11.8 Å². The minimum Gasteiger partial charge on any atom is -0.494 e. The van der Waals surface area contributed by atoms with Gasteiger partial charge in [0, 0.05) is 17.2 Å². The molecular weight excluding hydrogens is 501 g/mol. The van der Waals surface area contributed by atoms with Crippen LogP contribution in [-0.4, -0.2) is 38.8 Å². The third-order valence-corrected chi connectivity index (χ3v) is 6.39. The lowest BCUT2D eigenvalue weighted by molar-refractivity contribution is -0.384. The summed E-state index contributed by atoms with van der Waals surface area (Å²) in [6, 6.07) is 10.00. The number of aromatic hydroxyl groups is 2. The van der Waals surface area contributed by atoms with Gasteiger partial charge >= 0.3 is 0 Å². The second-order valence-electron chi connectivity index (χ2n) is 7.97. The first-order valence-corrected chi connectivity index (χ1v) is 11.1. The molecule has 2 aliphatic heterocycles. The summed E-state index contributed by atoms with van der Waals surface area (Å²) in [7, 11) is 0. The molecule has 1 amide bonds. The van der Waals surface area contributed by atoms with Crippen molar-refractivity contribution >= 4 is 34.8 Å². The molecule has 0 aliphatic carbocycles. The summed E-state index contributed by atoms with van der Waals surface area (Å²) >= 11 is 11.9.